The summed E-state index contributed by atoms with van der Waals surface area (Å²) in [5.41, 5.74) is 2.96. The Morgan fingerprint density at radius 3 is 2.77 bits per heavy atom. The predicted octanol–water partition coefficient (Wildman–Crippen LogP) is 3.69. The van der Waals surface area contributed by atoms with E-state index in [0.717, 1.165) is 33.3 Å². The summed E-state index contributed by atoms with van der Waals surface area (Å²) in [6.07, 6.45) is 1.79. The lowest BCUT2D eigenvalue weighted by atomic mass is 10.1. The highest BCUT2D eigenvalue weighted by molar-refractivity contribution is 7.70. The summed E-state index contributed by atoms with van der Waals surface area (Å²) in [7, 11) is -2.27. The molecule has 1 aliphatic rings. The summed E-state index contributed by atoms with van der Waals surface area (Å²) in [6, 6.07) is 17.8. The van der Waals surface area contributed by atoms with Gasteiger partial charge in [-0.3, -0.25) is 4.98 Å². The van der Waals surface area contributed by atoms with E-state index in [1.54, 1.807) is 24.2 Å². The van der Waals surface area contributed by atoms with Gasteiger partial charge in [0, 0.05) is 22.6 Å². The van der Waals surface area contributed by atoms with Gasteiger partial charge in [-0.25, -0.2) is 9.67 Å². The van der Waals surface area contributed by atoms with Crippen molar-refractivity contribution in [2.24, 2.45) is 4.99 Å². The maximum Gasteiger partial charge on any atom is 0.197 e. The fourth-order valence-electron chi connectivity index (χ4n) is 3.51. The van der Waals surface area contributed by atoms with E-state index in [4.69, 9.17) is 4.99 Å². The van der Waals surface area contributed by atoms with E-state index in [-0.39, 0.29) is 0 Å². The van der Waals surface area contributed by atoms with Crippen LogP contribution in [0.2, 0.25) is 0 Å². The molecule has 9 heteroatoms. The van der Waals surface area contributed by atoms with Crippen LogP contribution in [0.4, 0.5) is 17.3 Å². The van der Waals surface area contributed by atoms with E-state index in [1.165, 1.54) is 0 Å². The van der Waals surface area contributed by atoms with E-state index in [1.807, 2.05) is 48.5 Å². The van der Waals surface area contributed by atoms with Gasteiger partial charge in [0.25, 0.3) is 0 Å². The van der Waals surface area contributed by atoms with Gasteiger partial charge >= 0.3 is 0 Å². The first kappa shape index (κ1) is 19.5. The average Bonchev–Trinajstić information content (AvgIpc) is 3.15. The van der Waals surface area contributed by atoms with E-state index in [9.17, 15) is 4.57 Å². The van der Waals surface area contributed by atoms with Crippen LogP contribution in [0, 0.1) is 0 Å². The van der Waals surface area contributed by atoms with Crippen LogP contribution in [0.5, 0.6) is 0 Å². The molecule has 0 atom stereocenters. The Morgan fingerprint density at radius 1 is 1.13 bits per heavy atom. The second-order valence-electron chi connectivity index (χ2n) is 7.88. The second kappa shape index (κ2) is 7.63. The normalized spacial score (nSPS) is 13.4. The topological polar surface area (TPSA) is 97.1 Å². The van der Waals surface area contributed by atoms with Crippen molar-refractivity contribution in [2.75, 3.05) is 30.5 Å². The van der Waals surface area contributed by atoms with Crippen molar-refractivity contribution in [3.05, 3.63) is 66.4 Å². The third-order valence-corrected chi connectivity index (χ3v) is 6.69. The zero-order valence-corrected chi connectivity index (χ0v) is 18.2. The van der Waals surface area contributed by atoms with Gasteiger partial charge in [-0.15, -0.1) is 5.10 Å². The summed E-state index contributed by atoms with van der Waals surface area (Å²) in [5.74, 6) is 2.12. The first-order valence-corrected chi connectivity index (χ1v) is 12.6. The van der Waals surface area contributed by atoms with Crippen LogP contribution in [0.25, 0.3) is 10.9 Å². The first-order valence-electron chi connectivity index (χ1n) is 9.97. The molecule has 3 heterocycles. The molecule has 2 aromatic carbocycles. The minimum absolute atomic E-state index is 0.523. The molecule has 156 valence electrons. The van der Waals surface area contributed by atoms with E-state index in [0.29, 0.717) is 24.7 Å². The standard InChI is InChI=1S/C22H22N7OP/c1-31(2,30)18-8-6-17(7-9-18)25-20-13-24-21-22(26-20)29(28-27-21)14-15-5-10-19-16(12-15)4-3-11-23-19/h3-12,24H,13-14H2,1-2H3,(H,25,26). The Hall–Kier alpha value is -3.51. The molecule has 1 aliphatic heterocycles. The molecule has 0 bridgehead atoms. The van der Waals surface area contributed by atoms with Crippen LogP contribution in [-0.4, -0.2) is 45.7 Å². The number of fused-ring (bicyclic) bond motifs is 2. The molecule has 0 saturated heterocycles. The van der Waals surface area contributed by atoms with Crippen molar-refractivity contribution in [1.29, 1.82) is 0 Å². The minimum Gasteiger partial charge on any atom is -0.358 e. The summed E-state index contributed by atoms with van der Waals surface area (Å²) >= 11 is 0. The highest BCUT2D eigenvalue weighted by Gasteiger charge is 2.19. The molecular weight excluding hydrogens is 409 g/mol. The number of rotatable bonds is 4. The van der Waals surface area contributed by atoms with Crippen molar-refractivity contribution < 1.29 is 4.57 Å². The third kappa shape index (κ3) is 4.07. The fourth-order valence-corrected chi connectivity index (χ4v) is 4.38. The van der Waals surface area contributed by atoms with Gasteiger partial charge in [0.2, 0.25) is 0 Å². The SMILES string of the molecule is CP(C)(=O)c1ccc(NC2=Nc3c(nnn3Cc3ccc4ncccc4c3)NC2)cc1. The Balaban J connectivity index is 1.38. The number of benzene rings is 2. The monoisotopic (exact) mass is 431 g/mol. The van der Waals surface area contributed by atoms with Crippen molar-refractivity contribution in [1.82, 2.24) is 20.0 Å². The molecule has 2 N–H and O–H groups in total. The van der Waals surface area contributed by atoms with E-state index >= 15 is 0 Å². The Kier molecular flexibility index (Phi) is 4.79. The van der Waals surface area contributed by atoms with Gasteiger partial charge in [0.15, 0.2) is 11.6 Å². The number of anilines is 2. The molecule has 5 rings (SSSR count). The van der Waals surface area contributed by atoms with Crippen LogP contribution in [0.1, 0.15) is 5.56 Å². The lowest BCUT2D eigenvalue weighted by Crippen LogP contribution is -2.25. The quantitative estimate of drug-likeness (QED) is 0.479. The molecular formula is C22H22N7OP. The summed E-state index contributed by atoms with van der Waals surface area (Å²) in [5, 5.41) is 17.0. The van der Waals surface area contributed by atoms with Crippen LogP contribution in [-0.2, 0) is 11.1 Å². The zero-order chi connectivity index (χ0) is 21.4. The molecule has 0 spiro atoms. The molecule has 4 aromatic rings. The Labute approximate surface area is 179 Å². The number of aromatic nitrogens is 4. The fraction of sp³-hybridized carbons (Fsp3) is 0.182. The van der Waals surface area contributed by atoms with Gasteiger partial charge in [-0.05, 0) is 61.4 Å². The van der Waals surface area contributed by atoms with Gasteiger partial charge < -0.3 is 15.2 Å². The van der Waals surface area contributed by atoms with Crippen LogP contribution < -0.4 is 15.9 Å². The molecule has 2 aromatic heterocycles. The third-order valence-electron chi connectivity index (χ3n) is 5.15. The van der Waals surface area contributed by atoms with Gasteiger partial charge in [-0.1, -0.05) is 17.3 Å². The van der Waals surface area contributed by atoms with E-state index < -0.39 is 7.14 Å². The van der Waals surface area contributed by atoms with Crippen LogP contribution >= 0.6 is 7.14 Å². The number of amidine groups is 1. The smallest absolute Gasteiger partial charge is 0.197 e. The van der Waals surface area contributed by atoms with Crippen LogP contribution in [0.3, 0.4) is 0 Å². The van der Waals surface area contributed by atoms with E-state index in [2.05, 4.69) is 32.0 Å². The highest BCUT2D eigenvalue weighted by Crippen LogP contribution is 2.34. The molecule has 0 radical (unpaired) electrons. The van der Waals surface area contributed by atoms with Crippen molar-refractivity contribution >= 4 is 46.5 Å². The molecule has 0 fully saturated rings. The summed E-state index contributed by atoms with van der Waals surface area (Å²) in [4.78, 5) is 9.11. The van der Waals surface area contributed by atoms with Gasteiger partial charge in [0.05, 0.1) is 18.6 Å². The molecule has 31 heavy (non-hydrogen) atoms. The summed E-state index contributed by atoms with van der Waals surface area (Å²) < 4.78 is 14.0. The number of nitrogens with one attached hydrogen (secondary N) is 2. The number of pyridine rings is 1. The van der Waals surface area contributed by atoms with Crippen molar-refractivity contribution in [3.63, 3.8) is 0 Å². The van der Waals surface area contributed by atoms with Gasteiger partial charge in [0.1, 0.15) is 13.0 Å². The lowest BCUT2D eigenvalue weighted by Gasteiger charge is -2.16. The molecule has 8 nitrogen and oxygen atoms in total. The Bertz CT molecular complexity index is 1340. The van der Waals surface area contributed by atoms with Crippen LogP contribution in [0.15, 0.2) is 65.8 Å². The maximum absolute atomic E-state index is 12.2. The number of aliphatic imine (C=N–C) groups is 1. The number of nitrogens with zero attached hydrogens (tertiary/aromatic N) is 5. The zero-order valence-electron chi connectivity index (χ0n) is 17.3. The average molecular weight is 431 g/mol. The largest absolute Gasteiger partial charge is 0.358 e. The first-order chi connectivity index (χ1) is 15.0. The lowest BCUT2D eigenvalue weighted by molar-refractivity contribution is 0.588. The summed E-state index contributed by atoms with van der Waals surface area (Å²) in [6.45, 7) is 4.62. The number of hydrogen-bond donors (Lipinski definition) is 2. The number of hydrogen-bond acceptors (Lipinski definition) is 7. The van der Waals surface area contributed by atoms with Gasteiger partial charge in [-0.2, -0.15) is 0 Å². The molecule has 0 saturated carbocycles. The van der Waals surface area contributed by atoms with Crippen molar-refractivity contribution in [3.8, 4) is 0 Å². The molecule has 0 unspecified atom stereocenters. The maximum atomic E-state index is 12.2. The van der Waals surface area contributed by atoms with Crippen molar-refractivity contribution in [2.45, 2.75) is 6.54 Å². The molecule has 0 amide bonds. The predicted molar refractivity (Wildman–Crippen MR) is 126 cm³/mol. The Morgan fingerprint density at radius 2 is 1.97 bits per heavy atom. The molecule has 0 aliphatic carbocycles. The minimum atomic E-state index is -2.27. The second-order valence-corrected chi connectivity index (χ2v) is 11.1. The highest BCUT2D eigenvalue weighted by atomic mass is 31.2.